The van der Waals surface area contributed by atoms with Crippen molar-refractivity contribution in [2.45, 2.75) is 22.7 Å². The van der Waals surface area contributed by atoms with Crippen molar-refractivity contribution in [3.8, 4) is 11.4 Å². The number of carbonyl (C=O) groups is 3. The molecular formula is C22H18N4O4S3. The Morgan fingerprint density at radius 1 is 1.27 bits per heavy atom. The Bertz CT molecular complexity index is 1220. The van der Waals surface area contributed by atoms with Crippen molar-refractivity contribution in [1.29, 1.82) is 0 Å². The van der Waals surface area contributed by atoms with Crippen LogP contribution in [-0.4, -0.2) is 54.9 Å². The number of β-lactam (4-membered cyclic amide) rings is 1. The molecule has 4 heterocycles. The zero-order valence-electron chi connectivity index (χ0n) is 17.1. The van der Waals surface area contributed by atoms with Crippen LogP contribution in [0.3, 0.4) is 0 Å². The molecule has 0 spiro atoms. The van der Waals surface area contributed by atoms with Gasteiger partial charge in [0.1, 0.15) is 22.9 Å². The second kappa shape index (κ2) is 9.08. The Balaban J connectivity index is 1.30. The van der Waals surface area contributed by atoms with Gasteiger partial charge in [-0.3, -0.25) is 14.5 Å². The van der Waals surface area contributed by atoms with Crippen molar-refractivity contribution in [3.63, 3.8) is 0 Å². The predicted molar refractivity (Wildman–Crippen MR) is 128 cm³/mol. The minimum atomic E-state index is -1.15. The molecule has 3 aromatic rings. The lowest BCUT2D eigenvalue weighted by molar-refractivity contribution is -0.150. The summed E-state index contributed by atoms with van der Waals surface area (Å²) in [6, 6.07) is 10.6. The molecule has 0 unspecified atom stereocenters. The van der Waals surface area contributed by atoms with Gasteiger partial charge < -0.3 is 15.4 Å². The maximum absolute atomic E-state index is 12.8. The van der Waals surface area contributed by atoms with E-state index in [1.165, 1.54) is 39.8 Å². The number of H-pyrrole nitrogens is 1. The van der Waals surface area contributed by atoms with E-state index in [4.69, 9.17) is 0 Å². The van der Waals surface area contributed by atoms with Crippen LogP contribution in [0.25, 0.3) is 11.4 Å². The molecule has 3 N–H and O–H groups in total. The molecule has 0 saturated carbocycles. The van der Waals surface area contributed by atoms with Crippen molar-refractivity contribution in [3.05, 3.63) is 69.7 Å². The standard InChI is InChI=1S/C22H18N4O4S3/c27-16(10-14-2-1-9-31-14)25-17-20(28)26-18(22(29)30)15(11-32-21(17)26)33-13-5-3-12(4-6-13)19-23-7-8-24-19/h1-9,17,21H,10-11H2,(H,23,24)(H,25,27)(H,29,30)/t17-,21+/m1/s1. The average Bonchev–Trinajstić information content (AvgIpc) is 3.52. The molecule has 1 aromatic carbocycles. The number of thiophene rings is 1. The van der Waals surface area contributed by atoms with Crippen LogP contribution >= 0.6 is 34.9 Å². The first kappa shape index (κ1) is 21.8. The Hall–Kier alpha value is -3.02. The van der Waals surface area contributed by atoms with Gasteiger partial charge in [0.2, 0.25) is 5.91 Å². The first-order valence-corrected chi connectivity index (χ1v) is 12.8. The summed E-state index contributed by atoms with van der Waals surface area (Å²) >= 11 is 4.27. The number of hydrogen-bond donors (Lipinski definition) is 3. The molecular weight excluding hydrogens is 480 g/mol. The second-order valence-corrected chi connectivity index (χ2v) is 10.7. The Morgan fingerprint density at radius 3 is 2.76 bits per heavy atom. The van der Waals surface area contributed by atoms with Crippen LogP contribution in [0.1, 0.15) is 4.88 Å². The lowest BCUT2D eigenvalue weighted by atomic mass is 10.0. The molecule has 1 fully saturated rings. The highest BCUT2D eigenvalue weighted by atomic mass is 32.2. The number of aliphatic carboxylic acids is 1. The van der Waals surface area contributed by atoms with Gasteiger partial charge in [0.05, 0.1) is 6.42 Å². The maximum atomic E-state index is 12.8. The van der Waals surface area contributed by atoms with Crippen LogP contribution in [0.4, 0.5) is 0 Å². The van der Waals surface area contributed by atoms with Crippen LogP contribution in [-0.2, 0) is 20.8 Å². The summed E-state index contributed by atoms with van der Waals surface area (Å²) in [6.45, 7) is 0. The fourth-order valence-electron chi connectivity index (χ4n) is 3.71. The van der Waals surface area contributed by atoms with Gasteiger partial charge in [-0.1, -0.05) is 30.0 Å². The van der Waals surface area contributed by atoms with E-state index in [-0.39, 0.29) is 18.0 Å². The van der Waals surface area contributed by atoms with E-state index >= 15 is 0 Å². The number of carbonyl (C=O) groups excluding carboxylic acids is 2. The van der Waals surface area contributed by atoms with Crippen molar-refractivity contribution in [1.82, 2.24) is 20.2 Å². The number of rotatable bonds is 7. The second-order valence-electron chi connectivity index (χ2n) is 7.35. The molecule has 8 nitrogen and oxygen atoms in total. The Labute approximate surface area is 201 Å². The van der Waals surface area contributed by atoms with Gasteiger partial charge in [0, 0.05) is 38.4 Å². The fraction of sp³-hybridized carbons (Fsp3) is 0.182. The summed E-state index contributed by atoms with van der Waals surface area (Å²) in [5.74, 6) is -0.583. The van der Waals surface area contributed by atoms with Gasteiger partial charge in [0.15, 0.2) is 0 Å². The summed E-state index contributed by atoms with van der Waals surface area (Å²) in [5.41, 5.74) is 0.918. The van der Waals surface area contributed by atoms with Gasteiger partial charge >= 0.3 is 5.97 Å². The number of hydrogen-bond acceptors (Lipinski definition) is 7. The van der Waals surface area contributed by atoms with Crippen LogP contribution in [0.2, 0.25) is 0 Å². The third-order valence-corrected chi connectivity index (χ3v) is 8.67. The maximum Gasteiger partial charge on any atom is 0.353 e. The molecule has 5 rings (SSSR count). The van der Waals surface area contributed by atoms with E-state index in [1.807, 2.05) is 41.8 Å². The lowest BCUT2D eigenvalue weighted by Gasteiger charge is -2.49. The van der Waals surface area contributed by atoms with Gasteiger partial charge in [0.25, 0.3) is 5.91 Å². The lowest BCUT2D eigenvalue weighted by Crippen LogP contribution is -2.70. The van der Waals surface area contributed by atoms with Crippen molar-refractivity contribution >= 4 is 52.6 Å². The number of aromatic amines is 1. The number of fused-ring (bicyclic) bond motifs is 1. The van der Waals surface area contributed by atoms with Gasteiger partial charge in [-0.15, -0.1) is 23.1 Å². The zero-order chi connectivity index (χ0) is 22.9. The normalized spacial score (nSPS) is 19.8. The summed E-state index contributed by atoms with van der Waals surface area (Å²) in [6.07, 6.45) is 3.63. The summed E-state index contributed by atoms with van der Waals surface area (Å²) < 4.78 is 0. The molecule has 0 bridgehead atoms. The monoisotopic (exact) mass is 498 g/mol. The van der Waals surface area contributed by atoms with Crippen molar-refractivity contribution in [2.24, 2.45) is 0 Å². The highest BCUT2D eigenvalue weighted by Gasteiger charge is 2.54. The zero-order valence-corrected chi connectivity index (χ0v) is 19.5. The van der Waals surface area contributed by atoms with E-state index in [1.54, 1.807) is 12.4 Å². The quantitative estimate of drug-likeness (QED) is 0.429. The summed E-state index contributed by atoms with van der Waals surface area (Å²) in [7, 11) is 0. The molecule has 2 aliphatic rings. The molecule has 0 aliphatic carbocycles. The van der Waals surface area contributed by atoms with Gasteiger partial charge in [-0.2, -0.15) is 0 Å². The van der Waals surface area contributed by atoms with Crippen molar-refractivity contribution < 1.29 is 19.5 Å². The number of aromatic nitrogens is 2. The minimum Gasteiger partial charge on any atom is -0.477 e. The van der Waals surface area contributed by atoms with Crippen LogP contribution in [0.5, 0.6) is 0 Å². The molecule has 168 valence electrons. The number of amides is 2. The molecule has 11 heteroatoms. The number of carboxylic acids is 1. The first-order chi connectivity index (χ1) is 16.0. The number of nitrogens with zero attached hydrogens (tertiary/aromatic N) is 2. The van der Waals surface area contributed by atoms with Crippen molar-refractivity contribution in [2.75, 3.05) is 5.75 Å². The van der Waals surface area contributed by atoms with E-state index in [9.17, 15) is 19.5 Å². The van der Waals surface area contributed by atoms with Gasteiger partial charge in [-0.25, -0.2) is 9.78 Å². The minimum absolute atomic E-state index is 0.00684. The van der Waals surface area contributed by atoms with E-state index in [2.05, 4.69) is 15.3 Å². The molecule has 33 heavy (non-hydrogen) atoms. The number of carboxylic acid groups (broad SMARTS) is 1. The van der Waals surface area contributed by atoms with E-state index in [0.717, 1.165) is 21.2 Å². The van der Waals surface area contributed by atoms with E-state index < -0.39 is 23.3 Å². The number of imidazole rings is 1. The average molecular weight is 499 g/mol. The first-order valence-electron chi connectivity index (χ1n) is 10.0. The van der Waals surface area contributed by atoms with Crippen LogP contribution in [0.15, 0.2) is 69.7 Å². The predicted octanol–water partition coefficient (Wildman–Crippen LogP) is 3.17. The summed E-state index contributed by atoms with van der Waals surface area (Å²) in [5, 5.41) is 14.1. The largest absolute Gasteiger partial charge is 0.477 e. The SMILES string of the molecule is O=C(Cc1cccs1)N[C@@H]1C(=O)N2C(C(=O)O)=C(Sc3ccc(-c4ncc[nH]4)cc3)CS[C@@H]12. The molecule has 0 radical (unpaired) electrons. The molecule has 2 aromatic heterocycles. The smallest absolute Gasteiger partial charge is 0.353 e. The Kier molecular flexibility index (Phi) is 6.00. The number of thioether (sulfide) groups is 2. The molecule has 2 amide bonds. The third-order valence-electron chi connectivity index (χ3n) is 5.23. The Morgan fingerprint density at radius 2 is 2.09 bits per heavy atom. The molecule has 2 atom stereocenters. The highest BCUT2D eigenvalue weighted by molar-refractivity contribution is 8.06. The number of benzene rings is 1. The fourth-order valence-corrected chi connectivity index (χ4v) is 6.89. The van der Waals surface area contributed by atoms with E-state index in [0.29, 0.717) is 10.7 Å². The highest BCUT2D eigenvalue weighted by Crippen LogP contribution is 2.45. The topological polar surface area (TPSA) is 115 Å². The molecule has 2 aliphatic heterocycles. The van der Waals surface area contributed by atoms with Gasteiger partial charge in [-0.05, 0) is 23.6 Å². The van der Waals surface area contributed by atoms with Crippen LogP contribution < -0.4 is 5.32 Å². The summed E-state index contributed by atoms with van der Waals surface area (Å²) in [4.78, 5) is 48.2. The molecule has 1 saturated heterocycles. The third kappa shape index (κ3) is 4.31. The van der Waals surface area contributed by atoms with Crippen LogP contribution in [0, 0.1) is 0 Å². The number of nitrogens with one attached hydrogen (secondary N) is 2.